The summed E-state index contributed by atoms with van der Waals surface area (Å²) >= 11 is 6.52. The third-order valence-corrected chi connectivity index (χ3v) is 4.21. The molecule has 25 heavy (non-hydrogen) atoms. The highest BCUT2D eigenvalue weighted by atomic mass is 35.5. The van der Waals surface area contributed by atoms with E-state index in [-0.39, 0.29) is 6.04 Å². The summed E-state index contributed by atoms with van der Waals surface area (Å²) in [5.41, 5.74) is 2.72. The molecule has 8 heteroatoms. The third-order valence-electron chi connectivity index (χ3n) is 3.95. The molecular formula is C17H23ClN6O. The molecule has 0 fully saturated rings. The number of rotatable bonds is 7. The highest BCUT2D eigenvalue weighted by Crippen LogP contribution is 2.29. The second-order valence-electron chi connectivity index (χ2n) is 5.94. The number of imidazole rings is 1. The molecule has 1 unspecified atom stereocenters. The van der Waals surface area contributed by atoms with E-state index in [0.717, 1.165) is 23.6 Å². The molecule has 3 aromatic rings. The van der Waals surface area contributed by atoms with Crippen LogP contribution in [0.25, 0.3) is 11.5 Å². The molecule has 0 spiro atoms. The number of ether oxygens (including phenoxy) is 1. The fraction of sp³-hybridized carbons (Fsp3) is 0.471. The number of aromatic nitrogens is 5. The average molecular weight is 363 g/mol. The molecule has 134 valence electrons. The minimum absolute atomic E-state index is 0.0873. The van der Waals surface area contributed by atoms with Crippen LogP contribution in [0.2, 0.25) is 5.15 Å². The Morgan fingerprint density at radius 3 is 2.84 bits per heavy atom. The van der Waals surface area contributed by atoms with Gasteiger partial charge in [-0.1, -0.05) is 18.5 Å². The standard InChI is InChI=1S/C17H23ClN6O/c1-5-13-9-12(4)24(22-13)14-15(18)21-17-19-7-8-23(17)16(14)20-11(3)10-25-6-2/h7-9,11,20H,5-6,10H2,1-4H3. The number of halogens is 1. The molecule has 7 nitrogen and oxygen atoms in total. The Hall–Kier alpha value is -2.12. The Bertz CT molecular complexity index is 872. The van der Waals surface area contributed by atoms with Crippen molar-refractivity contribution in [3.05, 3.63) is 35.0 Å². The zero-order chi connectivity index (χ0) is 18.0. The van der Waals surface area contributed by atoms with Crippen LogP contribution in [0.1, 0.15) is 32.2 Å². The summed E-state index contributed by atoms with van der Waals surface area (Å²) in [6.07, 6.45) is 4.42. The number of nitrogens with zero attached hydrogens (tertiary/aromatic N) is 5. The van der Waals surface area contributed by atoms with E-state index in [1.807, 2.05) is 29.1 Å². The topological polar surface area (TPSA) is 69.3 Å². The maximum absolute atomic E-state index is 6.52. The summed E-state index contributed by atoms with van der Waals surface area (Å²) in [6, 6.07) is 2.14. The monoisotopic (exact) mass is 362 g/mol. The van der Waals surface area contributed by atoms with Gasteiger partial charge >= 0.3 is 0 Å². The summed E-state index contributed by atoms with van der Waals surface area (Å²) < 4.78 is 9.25. The lowest BCUT2D eigenvalue weighted by Gasteiger charge is -2.20. The van der Waals surface area contributed by atoms with Gasteiger partial charge in [0, 0.05) is 30.7 Å². The normalized spacial score (nSPS) is 12.7. The first-order valence-electron chi connectivity index (χ1n) is 8.47. The highest BCUT2D eigenvalue weighted by Gasteiger charge is 2.20. The van der Waals surface area contributed by atoms with Crippen molar-refractivity contribution in [2.24, 2.45) is 0 Å². The number of nitrogens with one attached hydrogen (secondary N) is 1. The molecule has 0 saturated heterocycles. The molecule has 3 heterocycles. The maximum atomic E-state index is 6.52. The van der Waals surface area contributed by atoms with Gasteiger partial charge in [-0.25, -0.2) is 9.67 Å². The summed E-state index contributed by atoms with van der Waals surface area (Å²) in [5, 5.41) is 8.51. The van der Waals surface area contributed by atoms with E-state index >= 15 is 0 Å². The lowest BCUT2D eigenvalue weighted by atomic mass is 10.3. The van der Waals surface area contributed by atoms with Gasteiger partial charge in [0.1, 0.15) is 11.5 Å². The summed E-state index contributed by atoms with van der Waals surface area (Å²) in [7, 11) is 0. The Morgan fingerprint density at radius 1 is 1.36 bits per heavy atom. The van der Waals surface area contributed by atoms with Crippen LogP contribution in [0, 0.1) is 6.92 Å². The van der Waals surface area contributed by atoms with E-state index in [2.05, 4.69) is 40.3 Å². The largest absolute Gasteiger partial charge is 0.380 e. The first kappa shape index (κ1) is 17.7. The molecule has 0 bridgehead atoms. The van der Waals surface area contributed by atoms with Crippen LogP contribution in [0.15, 0.2) is 18.5 Å². The minimum Gasteiger partial charge on any atom is -0.380 e. The first-order valence-corrected chi connectivity index (χ1v) is 8.85. The number of fused-ring (bicyclic) bond motifs is 1. The van der Waals surface area contributed by atoms with Gasteiger partial charge < -0.3 is 10.1 Å². The van der Waals surface area contributed by atoms with E-state index < -0.39 is 0 Å². The zero-order valence-corrected chi connectivity index (χ0v) is 15.7. The van der Waals surface area contributed by atoms with Crippen LogP contribution in [0.5, 0.6) is 0 Å². The van der Waals surface area contributed by atoms with Crippen LogP contribution in [-0.4, -0.2) is 43.4 Å². The lowest BCUT2D eigenvalue weighted by Crippen LogP contribution is -2.25. The number of hydrogen-bond donors (Lipinski definition) is 1. The summed E-state index contributed by atoms with van der Waals surface area (Å²) in [4.78, 5) is 8.66. The van der Waals surface area contributed by atoms with E-state index in [1.165, 1.54) is 0 Å². The van der Waals surface area contributed by atoms with Gasteiger partial charge in [0.05, 0.1) is 12.3 Å². The Morgan fingerprint density at radius 2 is 2.16 bits per heavy atom. The van der Waals surface area contributed by atoms with Crippen molar-refractivity contribution in [2.75, 3.05) is 18.5 Å². The van der Waals surface area contributed by atoms with Gasteiger partial charge in [-0.3, -0.25) is 4.40 Å². The summed E-state index contributed by atoms with van der Waals surface area (Å²) in [5.74, 6) is 1.34. The van der Waals surface area contributed by atoms with Crippen molar-refractivity contribution >= 4 is 23.2 Å². The van der Waals surface area contributed by atoms with Crippen molar-refractivity contribution in [3.63, 3.8) is 0 Å². The van der Waals surface area contributed by atoms with Crippen molar-refractivity contribution in [1.29, 1.82) is 0 Å². The smallest absolute Gasteiger partial charge is 0.236 e. The first-order chi connectivity index (χ1) is 12.0. The molecule has 1 N–H and O–H groups in total. The Kier molecular flexibility index (Phi) is 5.24. The molecule has 3 aromatic heterocycles. The molecule has 0 radical (unpaired) electrons. The molecule has 0 aromatic carbocycles. The molecule has 0 aliphatic rings. The molecule has 0 aliphatic carbocycles. The van der Waals surface area contributed by atoms with Crippen molar-refractivity contribution in [3.8, 4) is 5.69 Å². The number of anilines is 1. The quantitative estimate of drug-likeness (QED) is 0.653. The zero-order valence-electron chi connectivity index (χ0n) is 15.0. The summed E-state index contributed by atoms with van der Waals surface area (Å²) in [6.45, 7) is 9.39. The molecular weight excluding hydrogens is 340 g/mol. The Labute approximate surface area is 152 Å². The van der Waals surface area contributed by atoms with Crippen LogP contribution in [0.3, 0.4) is 0 Å². The maximum Gasteiger partial charge on any atom is 0.236 e. The van der Waals surface area contributed by atoms with Gasteiger partial charge in [0.2, 0.25) is 5.78 Å². The Balaban J connectivity index is 2.14. The van der Waals surface area contributed by atoms with Gasteiger partial charge in [-0.2, -0.15) is 10.1 Å². The average Bonchev–Trinajstić information content (AvgIpc) is 3.19. The predicted octanol–water partition coefficient (Wildman–Crippen LogP) is 3.28. The van der Waals surface area contributed by atoms with Crippen LogP contribution in [-0.2, 0) is 11.2 Å². The second kappa shape index (κ2) is 7.41. The van der Waals surface area contributed by atoms with Crippen molar-refractivity contribution in [2.45, 2.75) is 40.2 Å². The molecule has 1 atom stereocenters. The van der Waals surface area contributed by atoms with Gasteiger partial charge in [0.15, 0.2) is 5.15 Å². The van der Waals surface area contributed by atoms with Gasteiger partial charge in [-0.05, 0) is 33.3 Å². The van der Waals surface area contributed by atoms with Crippen LogP contribution < -0.4 is 5.32 Å². The van der Waals surface area contributed by atoms with Crippen LogP contribution in [0.4, 0.5) is 5.82 Å². The fourth-order valence-corrected chi connectivity index (χ4v) is 2.98. The number of aryl methyl sites for hydroxylation is 2. The van der Waals surface area contributed by atoms with E-state index in [1.54, 1.807) is 6.20 Å². The van der Waals surface area contributed by atoms with E-state index in [0.29, 0.717) is 29.8 Å². The fourth-order valence-electron chi connectivity index (χ4n) is 2.74. The molecule has 0 saturated carbocycles. The SMILES string of the molecule is CCOCC(C)Nc1c(-n2nc(CC)cc2C)c(Cl)nc2nccn12. The number of hydrogen-bond acceptors (Lipinski definition) is 5. The van der Waals surface area contributed by atoms with E-state index in [9.17, 15) is 0 Å². The van der Waals surface area contributed by atoms with Gasteiger partial charge in [-0.15, -0.1) is 0 Å². The lowest BCUT2D eigenvalue weighted by molar-refractivity contribution is 0.141. The van der Waals surface area contributed by atoms with Crippen molar-refractivity contribution < 1.29 is 4.74 Å². The minimum atomic E-state index is 0.0873. The molecule has 0 aliphatic heterocycles. The molecule has 3 rings (SSSR count). The molecule has 0 amide bonds. The highest BCUT2D eigenvalue weighted by molar-refractivity contribution is 6.31. The van der Waals surface area contributed by atoms with Crippen LogP contribution >= 0.6 is 11.6 Å². The van der Waals surface area contributed by atoms with E-state index in [4.69, 9.17) is 16.3 Å². The van der Waals surface area contributed by atoms with Gasteiger partial charge in [0.25, 0.3) is 0 Å². The van der Waals surface area contributed by atoms with Crippen molar-refractivity contribution in [1.82, 2.24) is 24.1 Å². The second-order valence-corrected chi connectivity index (χ2v) is 6.30. The third kappa shape index (κ3) is 3.48. The predicted molar refractivity (Wildman–Crippen MR) is 98.8 cm³/mol.